The van der Waals surface area contributed by atoms with E-state index >= 15 is 0 Å². The lowest BCUT2D eigenvalue weighted by molar-refractivity contribution is 0.597. The highest BCUT2D eigenvalue weighted by Crippen LogP contribution is 1.96. The van der Waals surface area contributed by atoms with Crippen LogP contribution in [0.5, 0.6) is 0 Å². The lowest BCUT2D eigenvalue weighted by Crippen LogP contribution is -2.40. The topological polar surface area (TPSA) is 86.7 Å². The highest BCUT2D eigenvalue weighted by atomic mass is 16.2. The van der Waals surface area contributed by atoms with Gasteiger partial charge in [0, 0.05) is 39.6 Å². The Bertz CT molecular complexity index is 670. The second kappa shape index (κ2) is 6.18. The largest absolute Gasteiger partial charge is 0.364 e. The van der Waals surface area contributed by atoms with Crippen molar-refractivity contribution in [2.45, 2.75) is 19.4 Å². The Morgan fingerprint density at radius 1 is 1.25 bits per heavy atom. The molecule has 0 saturated carbocycles. The normalized spacial score (nSPS) is 10.7. The minimum atomic E-state index is -0.430. The molecule has 2 heterocycles. The second-order valence-corrected chi connectivity index (χ2v) is 4.55. The molecule has 20 heavy (non-hydrogen) atoms. The quantitative estimate of drug-likeness (QED) is 0.724. The Morgan fingerprint density at radius 3 is 2.75 bits per heavy atom. The van der Waals surface area contributed by atoms with Crippen LogP contribution in [0.1, 0.15) is 12.8 Å². The van der Waals surface area contributed by atoms with Gasteiger partial charge in [-0.15, -0.1) is 5.10 Å². The van der Waals surface area contributed by atoms with Crippen molar-refractivity contribution in [3.05, 3.63) is 39.6 Å². The van der Waals surface area contributed by atoms with E-state index < -0.39 is 11.2 Å². The Labute approximate surface area is 115 Å². The van der Waals surface area contributed by atoms with Crippen molar-refractivity contribution in [2.24, 2.45) is 14.1 Å². The van der Waals surface area contributed by atoms with E-state index in [0.717, 1.165) is 28.6 Å². The van der Waals surface area contributed by atoms with Gasteiger partial charge in [0.05, 0.1) is 6.33 Å². The number of hydrogen-bond acceptors (Lipinski definition) is 5. The van der Waals surface area contributed by atoms with Crippen LogP contribution in [0.4, 0.5) is 5.82 Å². The van der Waals surface area contributed by atoms with Crippen LogP contribution >= 0.6 is 0 Å². The van der Waals surface area contributed by atoms with E-state index in [4.69, 9.17) is 0 Å². The molecule has 0 fully saturated rings. The molecule has 108 valence electrons. The highest BCUT2D eigenvalue weighted by molar-refractivity contribution is 5.29. The molecule has 0 saturated heterocycles. The van der Waals surface area contributed by atoms with Gasteiger partial charge in [-0.3, -0.25) is 9.36 Å². The smallest absolute Gasteiger partial charge is 0.346 e. The molecule has 2 aromatic heterocycles. The number of rotatable bonds is 6. The van der Waals surface area contributed by atoms with Gasteiger partial charge in [0.2, 0.25) is 5.82 Å². The van der Waals surface area contributed by atoms with Gasteiger partial charge >= 0.3 is 5.69 Å². The molecule has 0 radical (unpaired) electrons. The van der Waals surface area contributed by atoms with Crippen molar-refractivity contribution in [3.8, 4) is 0 Å². The molecule has 0 aliphatic rings. The maximum Gasteiger partial charge on any atom is 0.346 e. The van der Waals surface area contributed by atoms with Gasteiger partial charge < -0.3 is 9.88 Å². The van der Waals surface area contributed by atoms with Gasteiger partial charge in [0.1, 0.15) is 0 Å². The van der Waals surface area contributed by atoms with Crippen LogP contribution in [0.3, 0.4) is 0 Å². The van der Waals surface area contributed by atoms with E-state index in [0.29, 0.717) is 6.54 Å². The van der Waals surface area contributed by atoms with Gasteiger partial charge in [-0.25, -0.2) is 14.5 Å². The summed E-state index contributed by atoms with van der Waals surface area (Å²) in [5.74, 6) is 0.206. The molecule has 1 N–H and O–H groups in total. The van der Waals surface area contributed by atoms with E-state index in [1.54, 1.807) is 12.5 Å². The van der Waals surface area contributed by atoms with Gasteiger partial charge in [-0.2, -0.15) is 0 Å². The molecule has 0 aliphatic carbocycles. The number of nitrogens with one attached hydrogen (secondary N) is 1. The van der Waals surface area contributed by atoms with Crippen molar-refractivity contribution < 1.29 is 0 Å². The minimum absolute atomic E-state index is 0.206. The molecule has 0 unspecified atom stereocenters. The number of nitrogens with zero attached hydrogens (tertiary/aromatic N) is 5. The van der Waals surface area contributed by atoms with E-state index in [9.17, 15) is 9.59 Å². The van der Waals surface area contributed by atoms with Crippen LogP contribution in [0, 0.1) is 0 Å². The predicted octanol–water partition coefficient (Wildman–Crippen LogP) is -0.432. The summed E-state index contributed by atoms with van der Waals surface area (Å²) in [4.78, 5) is 27.2. The van der Waals surface area contributed by atoms with E-state index in [2.05, 4.69) is 15.4 Å². The zero-order chi connectivity index (χ0) is 14.5. The van der Waals surface area contributed by atoms with Gasteiger partial charge in [0.25, 0.3) is 5.56 Å². The Morgan fingerprint density at radius 2 is 2.05 bits per heavy atom. The van der Waals surface area contributed by atoms with Gasteiger partial charge in [-0.1, -0.05) is 0 Å². The molecule has 0 spiro atoms. The number of imidazole rings is 1. The standard InChI is InChI=1S/C12H18N6O2/c1-16-11(19)10(15-17(2)12(16)20)14-5-3-4-7-18-8-6-13-9-18/h6,8-9H,3-5,7H2,1-2H3,(H,14,15). The number of unbranched alkanes of at least 4 members (excludes halogenated alkanes) is 1. The second-order valence-electron chi connectivity index (χ2n) is 4.55. The van der Waals surface area contributed by atoms with Crippen LogP contribution in [0.15, 0.2) is 28.3 Å². The van der Waals surface area contributed by atoms with Crippen LogP contribution in [-0.4, -0.2) is 30.4 Å². The maximum absolute atomic E-state index is 11.8. The Balaban J connectivity index is 1.85. The van der Waals surface area contributed by atoms with Crippen molar-refractivity contribution in [2.75, 3.05) is 11.9 Å². The average molecular weight is 278 g/mol. The Kier molecular flexibility index (Phi) is 4.34. The number of aryl methyl sites for hydroxylation is 2. The molecule has 8 heteroatoms. The molecule has 0 bridgehead atoms. The summed E-state index contributed by atoms with van der Waals surface area (Å²) in [6.07, 6.45) is 7.30. The third kappa shape index (κ3) is 3.14. The fourth-order valence-electron chi connectivity index (χ4n) is 1.85. The predicted molar refractivity (Wildman–Crippen MR) is 74.7 cm³/mol. The minimum Gasteiger partial charge on any atom is -0.364 e. The van der Waals surface area contributed by atoms with Crippen LogP contribution in [0.2, 0.25) is 0 Å². The van der Waals surface area contributed by atoms with E-state index in [1.165, 1.54) is 14.1 Å². The van der Waals surface area contributed by atoms with E-state index in [-0.39, 0.29) is 5.82 Å². The third-order valence-electron chi connectivity index (χ3n) is 3.02. The molecule has 0 atom stereocenters. The van der Waals surface area contributed by atoms with Crippen molar-refractivity contribution in [1.29, 1.82) is 0 Å². The molecule has 0 amide bonds. The van der Waals surface area contributed by atoms with Crippen molar-refractivity contribution in [1.82, 2.24) is 23.9 Å². The number of hydrogen-bond donors (Lipinski definition) is 1. The molecule has 0 aliphatic heterocycles. The lowest BCUT2D eigenvalue weighted by Gasteiger charge is -2.08. The van der Waals surface area contributed by atoms with E-state index in [1.807, 2.05) is 10.8 Å². The monoisotopic (exact) mass is 278 g/mol. The first kappa shape index (κ1) is 14.0. The summed E-state index contributed by atoms with van der Waals surface area (Å²) in [5.41, 5.74) is -0.830. The van der Waals surface area contributed by atoms with Crippen molar-refractivity contribution >= 4 is 5.82 Å². The number of anilines is 1. The number of aromatic nitrogens is 5. The summed E-state index contributed by atoms with van der Waals surface area (Å²) in [5, 5.41) is 6.90. The molecule has 2 aromatic rings. The first-order valence-corrected chi connectivity index (χ1v) is 6.43. The first-order valence-electron chi connectivity index (χ1n) is 6.43. The third-order valence-corrected chi connectivity index (χ3v) is 3.02. The highest BCUT2D eigenvalue weighted by Gasteiger charge is 2.07. The maximum atomic E-state index is 11.8. The van der Waals surface area contributed by atoms with Crippen LogP contribution in [-0.2, 0) is 20.6 Å². The van der Waals surface area contributed by atoms with Gasteiger partial charge in [-0.05, 0) is 12.8 Å². The van der Waals surface area contributed by atoms with Crippen molar-refractivity contribution in [3.63, 3.8) is 0 Å². The summed E-state index contributed by atoms with van der Waals surface area (Å²) in [7, 11) is 2.96. The van der Waals surface area contributed by atoms with Gasteiger partial charge in [0.15, 0.2) is 0 Å². The fourth-order valence-corrected chi connectivity index (χ4v) is 1.85. The lowest BCUT2D eigenvalue weighted by atomic mass is 10.3. The zero-order valence-electron chi connectivity index (χ0n) is 11.6. The summed E-state index contributed by atoms with van der Waals surface area (Å²) < 4.78 is 4.19. The average Bonchev–Trinajstić information content (AvgIpc) is 2.94. The summed E-state index contributed by atoms with van der Waals surface area (Å²) >= 11 is 0. The molecule has 0 aromatic carbocycles. The summed E-state index contributed by atoms with van der Waals surface area (Å²) in [6.45, 7) is 1.52. The molecular formula is C12H18N6O2. The van der Waals surface area contributed by atoms with Crippen LogP contribution < -0.4 is 16.6 Å². The van der Waals surface area contributed by atoms with Crippen LogP contribution in [0.25, 0.3) is 0 Å². The summed E-state index contributed by atoms with van der Waals surface area (Å²) in [6, 6.07) is 0. The Hall–Kier alpha value is -2.38. The fraction of sp³-hybridized carbons (Fsp3) is 0.500. The molecular weight excluding hydrogens is 260 g/mol. The first-order chi connectivity index (χ1) is 9.59. The molecule has 2 rings (SSSR count). The SMILES string of the molecule is Cn1nc(NCCCCn2ccnc2)c(=O)n(C)c1=O. The molecule has 8 nitrogen and oxygen atoms in total. The zero-order valence-corrected chi connectivity index (χ0v) is 11.6.